The number of methoxy groups -OCH3 is 1. The van der Waals surface area contributed by atoms with Gasteiger partial charge in [0.2, 0.25) is 10.0 Å². The van der Waals surface area contributed by atoms with Crippen LogP contribution in [0.5, 0.6) is 0 Å². The van der Waals surface area contributed by atoms with E-state index < -0.39 is 39.3 Å². The van der Waals surface area contributed by atoms with E-state index in [1.165, 1.54) is 24.3 Å². The van der Waals surface area contributed by atoms with Crippen molar-refractivity contribution in [2.75, 3.05) is 13.7 Å². The summed E-state index contributed by atoms with van der Waals surface area (Å²) in [5, 5.41) is 19.8. The lowest BCUT2D eigenvalue weighted by atomic mass is 10.2. The average Bonchev–Trinajstić information content (AvgIpc) is 2.43. The molecule has 21 heavy (non-hydrogen) atoms. The van der Waals surface area contributed by atoms with Crippen LogP contribution in [-0.2, 0) is 25.3 Å². The number of hydrogen-bond donors (Lipinski definition) is 2. The standard InChI is InChI=1S/C11H14N2O7S/c1-20-11(15)9(6-14)12-21(18,19)7-8-4-2-3-5-10(8)13(16)17/h2-5,9,12,14H,6-7H2,1H3. The van der Waals surface area contributed by atoms with Crippen LogP contribution < -0.4 is 4.72 Å². The van der Waals surface area contributed by atoms with Gasteiger partial charge in [0.25, 0.3) is 5.69 Å². The number of benzene rings is 1. The monoisotopic (exact) mass is 318 g/mol. The van der Waals surface area contributed by atoms with Crippen molar-refractivity contribution in [2.24, 2.45) is 0 Å². The molecule has 0 fully saturated rings. The molecule has 1 unspecified atom stereocenters. The molecular formula is C11H14N2O7S. The Morgan fingerprint density at radius 3 is 2.62 bits per heavy atom. The molecule has 0 radical (unpaired) electrons. The summed E-state index contributed by atoms with van der Waals surface area (Å²) >= 11 is 0. The maximum atomic E-state index is 11.9. The Labute approximate surface area is 120 Å². The van der Waals surface area contributed by atoms with Gasteiger partial charge in [-0.3, -0.25) is 14.9 Å². The van der Waals surface area contributed by atoms with E-state index in [0.29, 0.717) is 0 Å². The van der Waals surface area contributed by atoms with Gasteiger partial charge in [0, 0.05) is 11.6 Å². The van der Waals surface area contributed by atoms with Gasteiger partial charge in [0.1, 0.15) is 6.04 Å². The maximum absolute atomic E-state index is 11.9. The maximum Gasteiger partial charge on any atom is 0.326 e. The van der Waals surface area contributed by atoms with E-state index >= 15 is 0 Å². The van der Waals surface area contributed by atoms with Gasteiger partial charge >= 0.3 is 5.97 Å². The summed E-state index contributed by atoms with van der Waals surface area (Å²) in [4.78, 5) is 21.3. The van der Waals surface area contributed by atoms with Crippen molar-refractivity contribution in [1.82, 2.24) is 4.72 Å². The number of carbonyl (C=O) groups excluding carboxylic acids is 1. The summed E-state index contributed by atoms with van der Waals surface area (Å²) in [6, 6.07) is 3.88. The molecular weight excluding hydrogens is 304 g/mol. The number of aliphatic hydroxyl groups excluding tert-OH is 1. The lowest BCUT2D eigenvalue weighted by molar-refractivity contribution is -0.385. The van der Waals surface area contributed by atoms with Crippen LogP contribution in [0.2, 0.25) is 0 Å². The van der Waals surface area contributed by atoms with Crippen LogP contribution >= 0.6 is 0 Å². The average molecular weight is 318 g/mol. The molecule has 2 N–H and O–H groups in total. The smallest absolute Gasteiger partial charge is 0.326 e. The number of rotatable bonds is 7. The first-order chi connectivity index (χ1) is 9.80. The molecule has 0 spiro atoms. The van der Waals surface area contributed by atoms with E-state index in [-0.39, 0.29) is 11.3 Å². The number of aliphatic hydroxyl groups is 1. The fraction of sp³-hybridized carbons (Fsp3) is 0.364. The highest BCUT2D eigenvalue weighted by Gasteiger charge is 2.26. The number of nitro benzene ring substituents is 1. The van der Waals surface area contributed by atoms with Crippen molar-refractivity contribution in [3.8, 4) is 0 Å². The molecule has 0 aliphatic rings. The quantitative estimate of drug-likeness (QED) is 0.394. The minimum absolute atomic E-state index is 0.0310. The fourth-order valence-electron chi connectivity index (χ4n) is 1.58. The summed E-state index contributed by atoms with van der Waals surface area (Å²) in [5.41, 5.74) is -0.377. The van der Waals surface area contributed by atoms with Gasteiger partial charge in [-0.05, 0) is 0 Å². The number of esters is 1. The zero-order valence-corrected chi connectivity index (χ0v) is 11.9. The minimum Gasteiger partial charge on any atom is -0.468 e. The van der Waals surface area contributed by atoms with Gasteiger partial charge in [-0.1, -0.05) is 18.2 Å². The van der Waals surface area contributed by atoms with Crippen molar-refractivity contribution in [3.05, 3.63) is 39.9 Å². The number of ether oxygens (including phenoxy) is 1. The number of hydrogen-bond acceptors (Lipinski definition) is 7. The van der Waals surface area contributed by atoms with E-state index in [1.54, 1.807) is 0 Å². The van der Waals surface area contributed by atoms with E-state index in [1.807, 2.05) is 4.72 Å². The van der Waals surface area contributed by atoms with Gasteiger partial charge in [0.05, 0.1) is 24.4 Å². The summed E-state index contributed by atoms with van der Waals surface area (Å²) in [6.45, 7) is -0.789. The number of nitrogens with zero attached hydrogens (tertiary/aromatic N) is 1. The third-order valence-corrected chi connectivity index (χ3v) is 3.86. The zero-order chi connectivity index (χ0) is 16.0. The van der Waals surface area contributed by atoms with E-state index in [9.17, 15) is 23.3 Å². The molecule has 10 heteroatoms. The molecule has 0 saturated heterocycles. The second kappa shape index (κ2) is 7.11. The van der Waals surface area contributed by atoms with Crippen molar-refractivity contribution < 1.29 is 28.0 Å². The SMILES string of the molecule is COC(=O)C(CO)NS(=O)(=O)Cc1ccccc1[N+](=O)[O-]. The van der Waals surface area contributed by atoms with Crippen LogP contribution in [0.15, 0.2) is 24.3 Å². The normalized spacial score (nSPS) is 12.7. The largest absolute Gasteiger partial charge is 0.468 e. The Morgan fingerprint density at radius 2 is 2.10 bits per heavy atom. The first-order valence-electron chi connectivity index (χ1n) is 5.71. The predicted molar refractivity (Wildman–Crippen MR) is 71.7 cm³/mol. The van der Waals surface area contributed by atoms with Gasteiger partial charge in [-0.15, -0.1) is 0 Å². The highest BCUT2D eigenvalue weighted by Crippen LogP contribution is 2.19. The van der Waals surface area contributed by atoms with Crippen LogP contribution in [0.3, 0.4) is 0 Å². The zero-order valence-electron chi connectivity index (χ0n) is 11.1. The van der Waals surface area contributed by atoms with Gasteiger partial charge < -0.3 is 9.84 Å². The Bertz CT molecular complexity index is 629. The molecule has 0 aliphatic heterocycles. The van der Waals surface area contributed by atoms with Gasteiger partial charge in [-0.25, -0.2) is 8.42 Å². The molecule has 1 atom stereocenters. The third-order valence-electron chi connectivity index (χ3n) is 2.52. The topological polar surface area (TPSA) is 136 Å². The van der Waals surface area contributed by atoms with Gasteiger partial charge in [0.15, 0.2) is 0 Å². The molecule has 1 rings (SSSR count). The first-order valence-corrected chi connectivity index (χ1v) is 7.37. The first kappa shape index (κ1) is 17.0. The van der Waals surface area contributed by atoms with Crippen molar-refractivity contribution >= 4 is 21.7 Å². The Kier molecular flexibility index (Phi) is 5.76. The summed E-state index contributed by atoms with van der Waals surface area (Å²) in [6.07, 6.45) is 0. The van der Waals surface area contributed by atoms with Crippen LogP contribution in [0, 0.1) is 10.1 Å². The number of nitro groups is 1. The van der Waals surface area contributed by atoms with Crippen LogP contribution in [0.1, 0.15) is 5.56 Å². The van der Waals surface area contributed by atoms with E-state index in [4.69, 9.17) is 5.11 Å². The molecule has 1 aromatic rings. The number of para-hydroxylation sites is 1. The fourth-order valence-corrected chi connectivity index (χ4v) is 2.92. The Hall–Kier alpha value is -2.04. The lowest BCUT2D eigenvalue weighted by Gasteiger charge is -2.14. The van der Waals surface area contributed by atoms with E-state index in [0.717, 1.165) is 7.11 Å². The second-order valence-corrected chi connectivity index (χ2v) is 5.77. The molecule has 9 nitrogen and oxygen atoms in total. The summed E-state index contributed by atoms with van der Waals surface area (Å²) < 4.78 is 30.1. The Morgan fingerprint density at radius 1 is 1.48 bits per heavy atom. The summed E-state index contributed by atoms with van der Waals surface area (Å²) in [5.74, 6) is -1.65. The van der Waals surface area contributed by atoms with Crippen molar-refractivity contribution in [2.45, 2.75) is 11.8 Å². The molecule has 0 amide bonds. The molecule has 116 valence electrons. The predicted octanol–water partition coefficient (Wildman–Crippen LogP) is -0.452. The molecule has 0 bridgehead atoms. The number of sulfonamides is 1. The van der Waals surface area contributed by atoms with Crippen LogP contribution in [0.4, 0.5) is 5.69 Å². The molecule has 1 aromatic carbocycles. The lowest BCUT2D eigenvalue weighted by Crippen LogP contribution is -2.44. The number of carbonyl (C=O) groups is 1. The molecule has 0 saturated carbocycles. The van der Waals surface area contributed by atoms with Crippen molar-refractivity contribution in [3.63, 3.8) is 0 Å². The summed E-state index contributed by atoms with van der Waals surface area (Å²) in [7, 11) is -3.03. The van der Waals surface area contributed by atoms with Crippen molar-refractivity contribution in [1.29, 1.82) is 0 Å². The molecule has 0 heterocycles. The van der Waals surface area contributed by atoms with Crippen LogP contribution in [0.25, 0.3) is 0 Å². The van der Waals surface area contributed by atoms with E-state index in [2.05, 4.69) is 4.74 Å². The third kappa shape index (κ3) is 4.77. The Balaban J connectivity index is 2.96. The minimum atomic E-state index is -4.07. The number of nitrogens with one attached hydrogen (secondary N) is 1. The van der Waals surface area contributed by atoms with Crippen LogP contribution in [-0.4, -0.2) is 44.2 Å². The van der Waals surface area contributed by atoms with Gasteiger partial charge in [-0.2, -0.15) is 4.72 Å². The highest BCUT2D eigenvalue weighted by molar-refractivity contribution is 7.88. The molecule has 0 aliphatic carbocycles. The molecule has 0 aromatic heterocycles. The second-order valence-electron chi connectivity index (χ2n) is 4.02. The highest BCUT2D eigenvalue weighted by atomic mass is 32.2.